The summed E-state index contributed by atoms with van der Waals surface area (Å²) in [5.74, 6) is -0.151. The largest absolute Gasteiger partial charge is 0.468 e. The van der Waals surface area contributed by atoms with Gasteiger partial charge in [-0.1, -0.05) is 20.3 Å². The van der Waals surface area contributed by atoms with Crippen LogP contribution in [0.4, 0.5) is 0 Å². The Morgan fingerprint density at radius 3 is 2.53 bits per heavy atom. The van der Waals surface area contributed by atoms with Crippen molar-refractivity contribution in [1.29, 1.82) is 0 Å². The molecule has 0 amide bonds. The van der Waals surface area contributed by atoms with Gasteiger partial charge in [0.2, 0.25) is 0 Å². The zero-order valence-corrected chi connectivity index (χ0v) is 11.8. The fourth-order valence-corrected chi connectivity index (χ4v) is 1.65. The Balaban J connectivity index is 3.93. The quantitative estimate of drug-likeness (QED) is 0.593. The summed E-state index contributed by atoms with van der Waals surface area (Å²) in [7, 11) is 3.55. The van der Waals surface area contributed by atoms with Gasteiger partial charge in [-0.05, 0) is 45.9 Å². The van der Waals surface area contributed by atoms with Gasteiger partial charge in [-0.3, -0.25) is 4.79 Å². The smallest absolute Gasteiger partial charge is 0.322 e. The lowest BCUT2D eigenvalue weighted by molar-refractivity contribution is -0.143. The number of nitrogens with one attached hydrogen (secondary N) is 1. The Morgan fingerprint density at radius 2 is 2.00 bits per heavy atom. The Morgan fingerprint density at radius 1 is 1.29 bits per heavy atom. The monoisotopic (exact) mass is 244 g/mol. The van der Waals surface area contributed by atoms with Crippen LogP contribution in [0.1, 0.15) is 39.5 Å². The molecule has 0 aliphatic heterocycles. The van der Waals surface area contributed by atoms with E-state index in [2.05, 4.69) is 31.1 Å². The SMILES string of the molecule is CCCCN(C)CCC(NCCC)C(=O)OC. The fraction of sp³-hybridized carbons (Fsp3) is 0.923. The number of hydrogen-bond acceptors (Lipinski definition) is 4. The second-order valence-corrected chi connectivity index (χ2v) is 4.48. The van der Waals surface area contributed by atoms with Crippen molar-refractivity contribution in [3.63, 3.8) is 0 Å². The summed E-state index contributed by atoms with van der Waals surface area (Å²) in [4.78, 5) is 13.8. The molecule has 0 fully saturated rings. The molecule has 0 aromatic carbocycles. The number of carbonyl (C=O) groups excluding carboxylic acids is 1. The van der Waals surface area contributed by atoms with Crippen LogP contribution in [-0.2, 0) is 9.53 Å². The highest BCUT2D eigenvalue weighted by molar-refractivity contribution is 5.75. The Bertz CT molecular complexity index is 198. The van der Waals surface area contributed by atoms with Crippen molar-refractivity contribution in [2.45, 2.75) is 45.6 Å². The molecule has 0 aliphatic rings. The van der Waals surface area contributed by atoms with E-state index in [0.29, 0.717) is 0 Å². The summed E-state index contributed by atoms with van der Waals surface area (Å²) in [5, 5.41) is 3.23. The molecule has 0 saturated carbocycles. The lowest BCUT2D eigenvalue weighted by Crippen LogP contribution is -2.40. The molecule has 0 aromatic heterocycles. The van der Waals surface area contributed by atoms with E-state index in [-0.39, 0.29) is 12.0 Å². The van der Waals surface area contributed by atoms with Crippen LogP contribution >= 0.6 is 0 Å². The lowest BCUT2D eigenvalue weighted by atomic mass is 10.2. The van der Waals surface area contributed by atoms with Gasteiger partial charge in [0.1, 0.15) is 6.04 Å². The van der Waals surface area contributed by atoms with Crippen molar-refractivity contribution in [2.24, 2.45) is 0 Å². The van der Waals surface area contributed by atoms with Crippen molar-refractivity contribution in [2.75, 3.05) is 33.8 Å². The molecule has 0 aliphatic carbocycles. The molecule has 0 aromatic rings. The minimum absolute atomic E-state index is 0.151. The third-order valence-electron chi connectivity index (χ3n) is 2.82. The van der Waals surface area contributed by atoms with Gasteiger partial charge in [0.05, 0.1) is 7.11 Å². The van der Waals surface area contributed by atoms with E-state index in [4.69, 9.17) is 4.74 Å². The Kier molecular flexibility index (Phi) is 10.2. The number of carbonyl (C=O) groups is 1. The van der Waals surface area contributed by atoms with Crippen LogP contribution in [0.2, 0.25) is 0 Å². The normalized spacial score (nSPS) is 12.8. The lowest BCUT2D eigenvalue weighted by Gasteiger charge is -2.20. The first-order valence-corrected chi connectivity index (χ1v) is 6.65. The predicted molar refractivity (Wildman–Crippen MR) is 71.1 cm³/mol. The van der Waals surface area contributed by atoms with Crippen LogP contribution < -0.4 is 5.32 Å². The highest BCUT2D eigenvalue weighted by atomic mass is 16.5. The van der Waals surface area contributed by atoms with Gasteiger partial charge in [0, 0.05) is 0 Å². The average Bonchev–Trinajstić information content (AvgIpc) is 2.35. The molecule has 0 bridgehead atoms. The predicted octanol–water partition coefficient (Wildman–Crippen LogP) is 1.65. The number of nitrogens with zero attached hydrogens (tertiary/aromatic N) is 1. The molecule has 1 atom stereocenters. The van der Waals surface area contributed by atoms with E-state index in [1.54, 1.807) is 0 Å². The van der Waals surface area contributed by atoms with Gasteiger partial charge in [0.15, 0.2) is 0 Å². The molecule has 1 unspecified atom stereocenters. The van der Waals surface area contributed by atoms with Crippen molar-refractivity contribution < 1.29 is 9.53 Å². The van der Waals surface area contributed by atoms with Gasteiger partial charge in [0.25, 0.3) is 0 Å². The van der Waals surface area contributed by atoms with Crippen LogP contribution in [0.15, 0.2) is 0 Å². The maximum atomic E-state index is 11.5. The number of unbranched alkanes of at least 4 members (excludes halogenated alkanes) is 1. The van der Waals surface area contributed by atoms with E-state index < -0.39 is 0 Å². The summed E-state index contributed by atoms with van der Waals surface area (Å²) in [6.45, 7) is 7.16. The summed E-state index contributed by atoms with van der Waals surface area (Å²) in [6.07, 6.45) is 4.26. The maximum absolute atomic E-state index is 11.5. The van der Waals surface area contributed by atoms with Crippen molar-refractivity contribution in [3.8, 4) is 0 Å². The third kappa shape index (κ3) is 8.16. The van der Waals surface area contributed by atoms with Gasteiger partial charge < -0.3 is 15.0 Å². The zero-order chi connectivity index (χ0) is 13.1. The number of ether oxygens (including phenoxy) is 1. The van der Waals surface area contributed by atoms with Gasteiger partial charge in [-0.15, -0.1) is 0 Å². The number of rotatable bonds is 10. The summed E-state index contributed by atoms with van der Waals surface area (Å²) < 4.78 is 4.80. The first kappa shape index (κ1) is 16.4. The fourth-order valence-electron chi connectivity index (χ4n) is 1.65. The summed E-state index contributed by atoms with van der Waals surface area (Å²) in [5.41, 5.74) is 0. The third-order valence-corrected chi connectivity index (χ3v) is 2.82. The minimum Gasteiger partial charge on any atom is -0.468 e. The van der Waals surface area contributed by atoms with Crippen LogP contribution in [0.3, 0.4) is 0 Å². The van der Waals surface area contributed by atoms with Crippen molar-refractivity contribution in [1.82, 2.24) is 10.2 Å². The molecule has 102 valence electrons. The summed E-state index contributed by atoms with van der Waals surface area (Å²) >= 11 is 0. The molecule has 17 heavy (non-hydrogen) atoms. The number of methoxy groups -OCH3 is 1. The molecule has 0 heterocycles. The average molecular weight is 244 g/mol. The van der Waals surface area contributed by atoms with Gasteiger partial charge >= 0.3 is 5.97 Å². The molecule has 0 radical (unpaired) electrons. The molecule has 0 spiro atoms. The van der Waals surface area contributed by atoms with Crippen LogP contribution in [0.25, 0.3) is 0 Å². The van der Waals surface area contributed by atoms with E-state index in [1.165, 1.54) is 20.0 Å². The molecule has 1 N–H and O–H groups in total. The Hall–Kier alpha value is -0.610. The molecule has 4 heteroatoms. The first-order valence-electron chi connectivity index (χ1n) is 6.65. The zero-order valence-electron chi connectivity index (χ0n) is 11.8. The standard InChI is InChI=1S/C13H28N2O2/c1-5-7-10-15(3)11-8-12(13(16)17-4)14-9-6-2/h12,14H,5-11H2,1-4H3. The van der Waals surface area contributed by atoms with Crippen LogP contribution in [0, 0.1) is 0 Å². The number of hydrogen-bond donors (Lipinski definition) is 1. The highest BCUT2D eigenvalue weighted by Gasteiger charge is 2.18. The summed E-state index contributed by atoms with van der Waals surface area (Å²) in [6, 6.07) is -0.163. The van der Waals surface area contributed by atoms with Crippen molar-refractivity contribution >= 4 is 5.97 Å². The molecule has 0 saturated heterocycles. The maximum Gasteiger partial charge on any atom is 0.322 e. The van der Waals surface area contributed by atoms with E-state index >= 15 is 0 Å². The number of esters is 1. The van der Waals surface area contributed by atoms with Gasteiger partial charge in [-0.25, -0.2) is 0 Å². The topological polar surface area (TPSA) is 41.6 Å². The van der Waals surface area contributed by atoms with Crippen LogP contribution in [-0.4, -0.2) is 50.7 Å². The molecule has 4 nitrogen and oxygen atoms in total. The highest BCUT2D eigenvalue weighted by Crippen LogP contribution is 1.99. The van der Waals surface area contributed by atoms with E-state index in [0.717, 1.165) is 32.5 Å². The Labute approximate surface area is 106 Å². The molecule has 0 rings (SSSR count). The minimum atomic E-state index is -0.163. The molecular weight excluding hydrogens is 216 g/mol. The molecular formula is C13H28N2O2. The van der Waals surface area contributed by atoms with E-state index in [1.807, 2.05) is 0 Å². The van der Waals surface area contributed by atoms with E-state index in [9.17, 15) is 4.79 Å². The van der Waals surface area contributed by atoms with Crippen molar-refractivity contribution in [3.05, 3.63) is 0 Å². The second kappa shape index (κ2) is 10.5. The van der Waals surface area contributed by atoms with Gasteiger partial charge in [-0.2, -0.15) is 0 Å². The van der Waals surface area contributed by atoms with Crippen LogP contribution in [0.5, 0.6) is 0 Å². The first-order chi connectivity index (χ1) is 8.15. The second-order valence-electron chi connectivity index (χ2n) is 4.48.